The minimum absolute atomic E-state index is 0.188. The predicted molar refractivity (Wildman–Crippen MR) is 195 cm³/mol. The van der Waals surface area contributed by atoms with Gasteiger partial charge in [-0.15, -0.1) is 0 Å². The fraction of sp³-hybridized carbons (Fsp3) is 0.385. The summed E-state index contributed by atoms with van der Waals surface area (Å²) in [5, 5.41) is 5.05. The van der Waals surface area contributed by atoms with Gasteiger partial charge < -0.3 is 39.9 Å². The van der Waals surface area contributed by atoms with Gasteiger partial charge in [-0.3, -0.25) is 9.59 Å². The average Bonchev–Trinajstić information content (AvgIpc) is 3.97. The number of likely N-dealkylation sites (tertiary alicyclic amines) is 1. The number of carbonyl (C=O) groups is 4. The number of halogens is 1. The van der Waals surface area contributed by atoms with E-state index in [1.165, 1.54) is 26.5 Å². The molecular formula is C39H41FN8O6. The molecule has 2 aromatic heterocycles. The summed E-state index contributed by atoms with van der Waals surface area (Å²) >= 11 is 0. The first-order valence-electron chi connectivity index (χ1n) is 17.9. The third kappa shape index (κ3) is 6.99. The highest BCUT2D eigenvalue weighted by Gasteiger charge is 2.36. The maximum atomic E-state index is 15.8. The molecule has 4 N–H and O–H groups in total. The predicted octanol–water partition coefficient (Wildman–Crippen LogP) is 4.80. The number of nitrogens with one attached hydrogen (secondary N) is 4. The van der Waals surface area contributed by atoms with Gasteiger partial charge >= 0.3 is 12.2 Å². The van der Waals surface area contributed by atoms with Gasteiger partial charge in [0.25, 0.3) is 0 Å². The van der Waals surface area contributed by atoms with Crippen molar-refractivity contribution in [1.29, 1.82) is 0 Å². The number of hydrogen-bond donors (Lipinski definition) is 4. The molecule has 2 aliphatic heterocycles. The van der Waals surface area contributed by atoms with E-state index in [2.05, 4.69) is 53.0 Å². The van der Waals surface area contributed by atoms with Crippen molar-refractivity contribution in [3.63, 3.8) is 0 Å². The number of ether oxygens (including phenoxy) is 2. The van der Waals surface area contributed by atoms with Gasteiger partial charge in [-0.1, -0.05) is 36.1 Å². The van der Waals surface area contributed by atoms with E-state index in [1.807, 2.05) is 18.2 Å². The van der Waals surface area contributed by atoms with E-state index < -0.39 is 36.1 Å². The normalized spacial score (nSPS) is 18.4. The zero-order valence-corrected chi connectivity index (χ0v) is 30.4. The Morgan fingerprint density at radius 3 is 2.28 bits per heavy atom. The second-order valence-electron chi connectivity index (χ2n) is 13.6. The van der Waals surface area contributed by atoms with E-state index in [9.17, 15) is 19.2 Å². The van der Waals surface area contributed by atoms with Gasteiger partial charge in [0.15, 0.2) is 6.04 Å². The molecule has 1 fully saturated rings. The number of H-pyrrole nitrogens is 2. The number of amides is 4. The van der Waals surface area contributed by atoms with E-state index in [4.69, 9.17) is 4.98 Å². The second-order valence-corrected chi connectivity index (χ2v) is 13.6. The van der Waals surface area contributed by atoms with Gasteiger partial charge in [0, 0.05) is 36.3 Å². The molecule has 0 spiro atoms. The van der Waals surface area contributed by atoms with Crippen LogP contribution in [0, 0.1) is 17.7 Å². The lowest BCUT2D eigenvalue weighted by Crippen LogP contribution is -2.49. The van der Waals surface area contributed by atoms with Crippen LogP contribution in [0.15, 0.2) is 42.6 Å². The highest BCUT2D eigenvalue weighted by atomic mass is 19.1. The first-order valence-corrected chi connectivity index (χ1v) is 17.9. The van der Waals surface area contributed by atoms with Crippen LogP contribution in [0.4, 0.5) is 14.0 Å². The Morgan fingerprint density at radius 2 is 1.57 bits per heavy atom. The Morgan fingerprint density at radius 1 is 0.889 bits per heavy atom. The fourth-order valence-corrected chi connectivity index (χ4v) is 7.40. The number of nitrogens with zero attached hydrogens (tertiary/aromatic N) is 4. The number of benzene rings is 2. The zero-order chi connectivity index (χ0) is 38.1. The van der Waals surface area contributed by atoms with Crippen LogP contribution in [0.25, 0.3) is 33.6 Å². The lowest BCUT2D eigenvalue weighted by Gasteiger charge is -2.31. The van der Waals surface area contributed by atoms with Crippen molar-refractivity contribution >= 4 is 24.0 Å². The third-order valence-corrected chi connectivity index (χ3v) is 10.2. The van der Waals surface area contributed by atoms with Crippen molar-refractivity contribution in [3.8, 4) is 45.5 Å². The summed E-state index contributed by atoms with van der Waals surface area (Å²) in [4.78, 5) is 69.2. The SMILES string of the molecule is COC(=O)NC(C)C(=O)N1CCC[C@H]1c1nc2c([nH]1)CCc1cc(-c3ccc(-c4cnc([C@@H]5C#CCCN5C(=O)[C@H](C)NC(=O)OC)[nH]4)c(F)c3)ccc1-2. The molecule has 3 aliphatic rings. The number of aromatic amines is 2. The number of rotatable bonds is 8. The lowest BCUT2D eigenvalue weighted by molar-refractivity contribution is -0.135. The van der Waals surface area contributed by atoms with Crippen LogP contribution in [0.2, 0.25) is 0 Å². The number of aryl methyl sites for hydroxylation is 2. The highest BCUT2D eigenvalue weighted by Crippen LogP contribution is 2.39. The molecule has 4 atom stereocenters. The molecule has 4 heterocycles. The van der Waals surface area contributed by atoms with Crippen molar-refractivity contribution in [2.45, 2.75) is 70.1 Å². The van der Waals surface area contributed by atoms with Crippen molar-refractivity contribution in [3.05, 3.63) is 71.3 Å². The summed E-state index contributed by atoms with van der Waals surface area (Å²) in [7, 11) is 2.49. The quantitative estimate of drug-likeness (QED) is 0.187. The molecule has 0 saturated carbocycles. The van der Waals surface area contributed by atoms with Crippen molar-refractivity contribution in [2.24, 2.45) is 0 Å². The van der Waals surface area contributed by atoms with Gasteiger partial charge in [-0.2, -0.15) is 0 Å². The minimum Gasteiger partial charge on any atom is -0.453 e. The number of methoxy groups -OCH3 is 2. The average molecular weight is 737 g/mol. The summed E-state index contributed by atoms with van der Waals surface area (Å²) in [5.41, 5.74) is 6.30. The molecule has 0 bridgehead atoms. The lowest BCUT2D eigenvalue weighted by atomic mass is 9.89. The molecule has 4 amide bonds. The van der Waals surface area contributed by atoms with Crippen LogP contribution in [0.1, 0.15) is 68.1 Å². The number of fused-ring (bicyclic) bond motifs is 3. The van der Waals surface area contributed by atoms with Crippen LogP contribution in [-0.4, -0.2) is 93.1 Å². The summed E-state index contributed by atoms with van der Waals surface area (Å²) in [6, 6.07) is 8.62. The van der Waals surface area contributed by atoms with E-state index in [0.717, 1.165) is 59.6 Å². The molecule has 2 aromatic carbocycles. The Hall–Kier alpha value is -6.17. The van der Waals surface area contributed by atoms with Crippen LogP contribution in [0.5, 0.6) is 0 Å². The molecular weight excluding hydrogens is 695 g/mol. The molecule has 1 unspecified atom stereocenters. The van der Waals surface area contributed by atoms with Crippen LogP contribution < -0.4 is 10.6 Å². The smallest absolute Gasteiger partial charge is 0.407 e. The van der Waals surface area contributed by atoms with E-state index in [0.29, 0.717) is 42.2 Å². The first-order chi connectivity index (χ1) is 26.1. The van der Waals surface area contributed by atoms with E-state index >= 15 is 4.39 Å². The summed E-state index contributed by atoms with van der Waals surface area (Å²) in [5.74, 6) is 6.23. The van der Waals surface area contributed by atoms with Crippen molar-refractivity contribution < 1.29 is 33.0 Å². The maximum Gasteiger partial charge on any atom is 0.407 e. The Bertz CT molecular complexity index is 2190. The fourth-order valence-electron chi connectivity index (χ4n) is 7.40. The van der Waals surface area contributed by atoms with Gasteiger partial charge in [-0.25, -0.2) is 23.9 Å². The van der Waals surface area contributed by atoms with Gasteiger partial charge in [-0.05, 0) is 68.4 Å². The number of aromatic nitrogens is 4. The number of alkyl carbamates (subject to hydrolysis) is 2. The number of imidazole rings is 2. The first kappa shape index (κ1) is 36.2. The van der Waals surface area contributed by atoms with E-state index in [-0.39, 0.29) is 17.9 Å². The Labute approximate surface area is 311 Å². The van der Waals surface area contributed by atoms with Gasteiger partial charge in [0.05, 0.1) is 37.8 Å². The van der Waals surface area contributed by atoms with Crippen LogP contribution >= 0.6 is 0 Å². The summed E-state index contributed by atoms with van der Waals surface area (Å²) < 4.78 is 25.1. The summed E-state index contributed by atoms with van der Waals surface area (Å²) in [6.07, 6.45) is 3.73. The summed E-state index contributed by atoms with van der Waals surface area (Å²) in [6.45, 7) is 4.14. The van der Waals surface area contributed by atoms with Gasteiger partial charge in [0.2, 0.25) is 11.8 Å². The molecule has 54 heavy (non-hydrogen) atoms. The van der Waals surface area contributed by atoms with Crippen LogP contribution in [0.3, 0.4) is 0 Å². The number of carbonyl (C=O) groups excluding carboxylic acids is 4. The Kier molecular flexibility index (Phi) is 10.1. The molecule has 1 aliphatic carbocycles. The number of hydrogen-bond acceptors (Lipinski definition) is 8. The molecule has 280 valence electrons. The second kappa shape index (κ2) is 15.1. The monoisotopic (exact) mass is 736 g/mol. The molecule has 15 heteroatoms. The third-order valence-electron chi connectivity index (χ3n) is 10.2. The molecule has 4 aromatic rings. The standard InChI is InChI=1S/C39H41FN8O6/c1-21(42-38(51)53-3)36(49)47-16-6-5-8-31(47)34-41-20-30(45-34)27-14-11-24(19-28(27)40)23-10-13-26-25(18-23)12-15-29-33(26)46-35(44-29)32-9-7-17-48(32)37(50)22(2)43-39(52)54-4/h10-11,13-14,18-22,31-32H,6-7,9,12,15-17H2,1-4H3,(H,41,45)(H,42,51)(H,43,52)(H,44,46)/t21-,22?,31-,32-/m0/s1. The Balaban J connectivity index is 1.07. The molecule has 1 saturated heterocycles. The van der Waals surface area contributed by atoms with Gasteiger partial charge in [0.1, 0.15) is 29.5 Å². The largest absolute Gasteiger partial charge is 0.453 e. The van der Waals surface area contributed by atoms with Crippen molar-refractivity contribution in [1.82, 2.24) is 40.4 Å². The maximum absolute atomic E-state index is 15.8. The minimum atomic E-state index is -0.838. The molecule has 0 radical (unpaired) electrons. The van der Waals surface area contributed by atoms with E-state index in [1.54, 1.807) is 29.7 Å². The van der Waals surface area contributed by atoms with Crippen molar-refractivity contribution in [2.75, 3.05) is 27.3 Å². The van der Waals surface area contributed by atoms with Crippen LogP contribution in [-0.2, 0) is 31.9 Å². The topological polar surface area (TPSA) is 175 Å². The zero-order valence-electron chi connectivity index (χ0n) is 30.4. The highest BCUT2D eigenvalue weighted by molar-refractivity contribution is 5.87. The molecule has 7 rings (SSSR count). The molecule has 14 nitrogen and oxygen atoms in total.